The first-order chi connectivity index (χ1) is 6.10. The Hall–Kier alpha value is 0.0469. The summed E-state index contributed by atoms with van der Waals surface area (Å²) in [6, 6.07) is 0. The third kappa shape index (κ3) is 10.1. The molecule has 0 aliphatic carbocycles. The van der Waals surface area contributed by atoms with Crippen LogP contribution in [-0.4, -0.2) is 50.8 Å². The van der Waals surface area contributed by atoms with E-state index in [1.807, 2.05) is 0 Å². The minimum atomic E-state index is -4.11. The van der Waals surface area contributed by atoms with Crippen molar-refractivity contribution < 1.29 is 22.8 Å². The van der Waals surface area contributed by atoms with Crippen molar-refractivity contribution in [2.45, 2.75) is 25.7 Å². The Morgan fingerprint density at radius 1 is 1.36 bits per heavy atom. The van der Waals surface area contributed by atoms with Crippen LogP contribution in [0.4, 0.5) is 0 Å². The molecule has 0 aromatic heterocycles. The zero-order valence-electron chi connectivity index (χ0n) is 8.73. The number of aliphatic hydroxyl groups excluding tert-OH is 1. The van der Waals surface area contributed by atoms with Gasteiger partial charge < -0.3 is 9.84 Å². The van der Waals surface area contributed by atoms with E-state index in [4.69, 9.17) is 14.4 Å². The molecule has 0 fully saturated rings. The highest BCUT2D eigenvalue weighted by Crippen LogP contribution is 2.01. The maximum absolute atomic E-state index is 10.4. The van der Waals surface area contributed by atoms with Crippen LogP contribution < -0.4 is 0 Å². The van der Waals surface area contributed by atoms with E-state index in [0.29, 0.717) is 6.23 Å². The maximum Gasteiger partial charge on any atom is 0.267 e. The molecule has 0 spiro atoms. The van der Waals surface area contributed by atoms with Crippen molar-refractivity contribution in [3.8, 4) is 0 Å². The molecule has 0 aliphatic heterocycles. The van der Waals surface area contributed by atoms with Crippen LogP contribution in [0.15, 0.2) is 0 Å². The van der Waals surface area contributed by atoms with E-state index in [2.05, 4.69) is 19.6 Å². The summed E-state index contributed by atoms with van der Waals surface area (Å²) in [5.74, 6) is -0.668. The number of hydrogen-bond acceptors (Lipinski definition) is 4. The fraction of sp³-hybridized carbons (Fsp3) is 1.00. The molecule has 7 heteroatoms. The van der Waals surface area contributed by atoms with Gasteiger partial charge in [0.05, 0.1) is 20.8 Å². The quantitative estimate of drug-likeness (QED) is 0.511. The van der Waals surface area contributed by atoms with Crippen LogP contribution in [0.2, 0.25) is 19.6 Å². The van der Waals surface area contributed by atoms with Gasteiger partial charge in [-0.3, -0.25) is 4.55 Å². The van der Waals surface area contributed by atoms with E-state index >= 15 is 0 Å². The van der Waals surface area contributed by atoms with E-state index in [-0.39, 0.29) is 6.61 Å². The third-order valence-corrected chi connectivity index (χ3v) is 3.12. The summed E-state index contributed by atoms with van der Waals surface area (Å²) in [5, 5.41) is 9.13. The lowest BCUT2D eigenvalue weighted by atomic mass is 10.4. The molecular formula is C7H18O5SSi. The molecule has 2 N–H and O–H groups in total. The first-order valence-corrected chi connectivity index (χ1v) is 9.63. The van der Waals surface area contributed by atoms with E-state index in [9.17, 15) is 8.42 Å². The SMILES string of the molecule is C[Si](C)(C)COCC(O)CS(=O)(=O)O. The second kappa shape index (κ2) is 5.22. The summed E-state index contributed by atoms with van der Waals surface area (Å²) in [6.07, 6.45) is -0.587. The van der Waals surface area contributed by atoms with Crippen LogP contribution >= 0.6 is 0 Å². The second-order valence-corrected chi connectivity index (χ2v) is 11.4. The maximum atomic E-state index is 10.4. The van der Waals surface area contributed by atoms with Crippen LogP contribution in [-0.2, 0) is 14.9 Å². The Kier molecular flexibility index (Phi) is 5.24. The van der Waals surface area contributed by atoms with Gasteiger partial charge in [0, 0.05) is 6.23 Å². The predicted octanol–water partition coefficient (Wildman–Crippen LogP) is 0.129. The zero-order valence-corrected chi connectivity index (χ0v) is 10.5. The number of aliphatic hydroxyl groups is 1. The van der Waals surface area contributed by atoms with Gasteiger partial charge in [-0.25, -0.2) is 0 Å². The molecule has 1 unspecified atom stereocenters. The lowest BCUT2D eigenvalue weighted by molar-refractivity contribution is 0.0659. The number of hydrogen-bond donors (Lipinski definition) is 2. The number of ether oxygens (including phenoxy) is 1. The topological polar surface area (TPSA) is 83.8 Å². The molecule has 14 heavy (non-hydrogen) atoms. The van der Waals surface area contributed by atoms with Gasteiger partial charge in [-0.15, -0.1) is 0 Å². The predicted molar refractivity (Wildman–Crippen MR) is 56.6 cm³/mol. The summed E-state index contributed by atoms with van der Waals surface area (Å²) in [4.78, 5) is 0. The van der Waals surface area contributed by atoms with Crippen LogP contribution in [0.25, 0.3) is 0 Å². The van der Waals surface area contributed by atoms with Crippen LogP contribution in [0.1, 0.15) is 0 Å². The third-order valence-electron chi connectivity index (χ3n) is 1.25. The van der Waals surface area contributed by atoms with Gasteiger partial charge in [0.2, 0.25) is 0 Å². The van der Waals surface area contributed by atoms with Crippen molar-refractivity contribution in [1.29, 1.82) is 0 Å². The molecule has 0 amide bonds. The van der Waals surface area contributed by atoms with Crippen molar-refractivity contribution in [3.63, 3.8) is 0 Å². The Balaban J connectivity index is 3.71. The Bertz CT molecular complexity index is 256. The average Bonchev–Trinajstić information content (AvgIpc) is 1.78. The van der Waals surface area contributed by atoms with Crippen LogP contribution in [0.3, 0.4) is 0 Å². The van der Waals surface area contributed by atoms with Crippen molar-refractivity contribution >= 4 is 18.2 Å². The molecule has 1 atom stereocenters. The first-order valence-electron chi connectivity index (χ1n) is 4.31. The Labute approximate surface area is 85.8 Å². The van der Waals surface area contributed by atoms with Gasteiger partial charge in [0.25, 0.3) is 10.1 Å². The summed E-state index contributed by atoms with van der Waals surface area (Å²) in [6.45, 7) is 6.25. The summed E-state index contributed by atoms with van der Waals surface area (Å²) >= 11 is 0. The molecule has 86 valence electrons. The van der Waals surface area contributed by atoms with Gasteiger partial charge in [-0.2, -0.15) is 8.42 Å². The highest BCUT2D eigenvalue weighted by molar-refractivity contribution is 7.85. The van der Waals surface area contributed by atoms with Crippen molar-refractivity contribution in [3.05, 3.63) is 0 Å². The largest absolute Gasteiger partial charge is 0.390 e. The standard InChI is InChI=1S/C7H18O5SSi/c1-14(2,3)6-12-4-7(8)5-13(9,10)11/h7-8H,4-6H2,1-3H3,(H,9,10,11). The highest BCUT2D eigenvalue weighted by atomic mass is 32.2. The van der Waals surface area contributed by atoms with Crippen molar-refractivity contribution in [2.75, 3.05) is 18.6 Å². The highest BCUT2D eigenvalue weighted by Gasteiger charge is 2.17. The molecule has 0 aromatic carbocycles. The normalized spacial score (nSPS) is 15.5. The van der Waals surface area contributed by atoms with Gasteiger partial charge in [0.15, 0.2) is 0 Å². The summed E-state index contributed by atoms with van der Waals surface area (Å²) < 4.78 is 34.3. The molecule has 0 bridgehead atoms. The van der Waals surface area contributed by atoms with E-state index in [1.54, 1.807) is 0 Å². The number of rotatable bonds is 6. The average molecular weight is 242 g/mol. The van der Waals surface area contributed by atoms with E-state index < -0.39 is 30.0 Å². The molecule has 0 saturated heterocycles. The fourth-order valence-electron chi connectivity index (χ4n) is 0.792. The lowest BCUT2D eigenvalue weighted by Crippen LogP contribution is -2.32. The minimum absolute atomic E-state index is 0.0515. The molecule has 0 radical (unpaired) electrons. The molecule has 0 rings (SSSR count). The molecule has 5 nitrogen and oxygen atoms in total. The first kappa shape index (κ1) is 14.0. The van der Waals surface area contributed by atoms with Gasteiger partial charge in [0.1, 0.15) is 5.75 Å². The minimum Gasteiger partial charge on any atom is -0.390 e. The fourth-order valence-corrected chi connectivity index (χ4v) is 2.11. The monoisotopic (exact) mass is 242 g/mol. The molecule has 0 aromatic rings. The smallest absolute Gasteiger partial charge is 0.267 e. The van der Waals surface area contributed by atoms with Gasteiger partial charge in [-0.05, 0) is 0 Å². The Morgan fingerprint density at radius 3 is 2.21 bits per heavy atom. The summed E-state index contributed by atoms with van der Waals surface area (Å²) in [7, 11) is -5.44. The van der Waals surface area contributed by atoms with Gasteiger partial charge in [-0.1, -0.05) is 19.6 Å². The molecular weight excluding hydrogens is 224 g/mol. The second-order valence-electron chi connectivity index (χ2n) is 4.48. The Morgan fingerprint density at radius 2 is 1.86 bits per heavy atom. The zero-order chi connectivity index (χ0) is 11.4. The van der Waals surface area contributed by atoms with Crippen LogP contribution in [0, 0.1) is 0 Å². The van der Waals surface area contributed by atoms with E-state index in [0.717, 1.165) is 0 Å². The molecule has 0 saturated carbocycles. The van der Waals surface area contributed by atoms with Crippen molar-refractivity contribution in [2.24, 2.45) is 0 Å². The molecule has 0 aliphatic rings. The van der Waals surface area contributed by atoms with E-state index in [1.165, 1.54) is 0 Å². The molecule has 0 heterocycles. The lowest BCUT2D eigenvalue weighted by Gasteiger charge is -2.17. The van der Waals surface area contributed by atoms with Crippen LogP contribution in [0.5, 0.6) is 0 Å². The van der Waals surface area contributed by atoms with Gasteiger partial charge >= 0.3 is 0 Å². The van der Waals surface area contributed by atoms with Crippen molar-refractivity contribution in [1.82, 2.24) is 0 Å². The summed E-state index contributed by atoms with van der Waals surface area (Å²) in [5.41, 5.74) is 0.